The van der Waals surface area contributed by atoms with Gasteiger partial charge in [0.15, 0.2) is 0 Å². The zero-order valence-corrected chi connectivity index (χ0v) is 11.5. The maximum Gasteiger partial charge on any atom is 0.129 e. The number of rotatable bonds is 3. The third-order valence-electron chi connectivity index (χ3n) is 4.39. The molecule has 1 fully saturated rings. The number of hydrogen-bond acceptors (Lipinski definition) is 3. The van der Waals surface area contributed by atoms with Crippen LogP contribution in [-0.2, 0) is 0 Å². The normalized spacial score (nSPS) is 29.7. The molecule has 3 heteroatoms. The Hall–Kier alpha value is -1.22. The Bertz CT molecular complexity index is 444. The van der Waals surface area contributed by atoms with Crippen molar-refractivity contribution >= 4 is 0 Å². The monoisotopic (exact) mass is 262 g/mol. The van der Waals surface area contributed by atoms with Gasteiger partial charge in [0.05, 0.1) is 0 Å². The fraction of sp³-hybridized carbons (Fsp3) is 0.625. The zero-order chi connectivity index (χ0) is 13.2. The largest absolute Gasteiger partial charge is 0.490 e. The quantitative estimate of drug-likeness (QED) is 0.906. The second kappa shape index (κ2) is 5.41. The molecule has 0 amide bonds. The molecular weight excluding hydrogens is 240 g/mol. The van der Waals surface area contributed by atoms with Crippen LogP contribution in [0.15, 0.2) is 18.2 Å². The highest BCUT2D eigenvalue weighted by molar-refractivity contribution is 5.44. The van der Waals surface area contributed by atoms with E-state index in [9.17, 15) is 5.11 Å². The average molecular weight is 262 g/mol. The molecule has 0 radical (unpaired) electrons. The molecule has 1 aromatic rings. The molecule has 1 heterocycles. The van der Waals surface area contributed by atoms with Gasteiger partial charge in [-0.25, -0.2) is 0 Å². The van der Waals surface area contributed by atoms with Crippen LogP contribution >= 0.6 is 0 Å². The summed E-state index contributed by atoms with van der Waals surface area (Å²) < 4.78 is 11.6. The summed E-state index contributed by atoms with van der Waals surface area (Å²) in [6, 6.07) is 5.80. The highest BCUT2D eigenvalue weighted by Gasteiger charge is 2.27. The molecule has 104 valence electrons. The van der Waals surface area contributed by atoms with E-state index in [-0.39, 0.29) is 0 Å². The number of hydrogen-bond donors (Lipinski definition) is 1. The Labute approximate surface area is 114 Å². The second-order valence-corrected chi connectivity index (χ2v) is 5.64. The van der Waals surface area contributed by atoms with E-state index >= 15 is 0 Å². The number of benzene rings is 1. The van der Waals surface area contributed by atoms with Crippen LogP contribution in [0.4, 0.5) is 0 Å². The van der Waals surface area contributed by atoms with Gasteiger partial charge in [-0.1, -0.05) is 13.3 Å². The van der Waals surface area contributed by atoms with E-state index < -0.39 is 6.10 Å². The third-order valence-corrected chi connectivity index (χ3v) is 4.39. The lowest BCUT2D eigenvalue weighted by Crippen LogP contribution is -2.29. The van der Waals surface area contributed by atoms with E-state index in [0.29, 0.717) is 18.6 Å². The van der Waals surface area contributed by atoms with Crippen molar-refractivity contribution in [2.24, 2.45) is 5.92 Å². The van der Waals surface area contributed by atoms with Crippen molar-refractivity contribution in [1.82, 2.24) is 0 Å². The summed E-state index contributed by atoms with van der Waals surface area (Å²) in [5.41, 5.74) is 0.878. The van der Waals surface area contributed by atoms with E-state index in [1.807, 2.05) is 18.2 Å². The molecule has 19 heavy (non-hydrogen) atoms. The molecule has 0 aromatic heterocycles. The Morgan fingerprint density at radius 1 is 1.32 bits per heavy atom. The molecule has 0 spiro atoms. The molecular formula is C16H22O3. The fourth-order valence-corrected chi connectivity index (χ4v) is 3.22. The summed E-state index contributed by atoms with van der Waals surface area (Å²) in [4.78, 5) is 0. The van der Waals surface area contributed by atoms with Crippen molar-refractivity contribution in [3.63, 3.8) is 0 Å². The van der Waals surface area contributed by atoms with Crippen LogP contribution in [0.25, 0.3) is 0 Å². The summed E-state index contributed by atoms with van der Waals surface area (Å²) in [6.07, 6.45) is 6.06. The average Bonchev–Trinajstić information content (AvgIpc) is 2.81. The minimum Gasteiger partial charge on any atom is -0.490 e. The summed E-state index contributed by atoms with van der Waals surface area (Å²) in [6.45, 7) is 2.61. The van der Waals surface area contributed by atoms with Gasteiger partial charge in [-0.15, -0.1) is 0 Å². The Morgan fingerprint density at radius 3 is 3.00 bits per heavy atom. The van der Waals surface area contributed by atoms with Gasteiger partial charge >= 0.3 is 0 Å². The smallest absolute Gasteiger partial charge is 0.129 e. The first-order chi connectivity index (χ1) is 9.28. The van der Waals surface area contributed by atoms with Crippen LogP contribution in [0.3, 0.4) is 0 Å². The van der Waals surface area contributed by atoms with Crippen molar-refractivity contribution in [1.29, 1.82) is 0 Å². The van der Waals surface area contributed by atoms with Crippen LogP contribution in [0.1, 0.15) is 50.7 Å². The van der Waals surface area contributed by atoms with E-state index in [2.05, 4.69) is 6.92 Å². The molecule has 1 aromatic carbocycles. The summed E-state index contributed by atoms with van der Waals surface area (Å²) in [7, 11) is 0. The standard InChI is InChI=1S/C16H22O3/c1-2-11-5-3-4-6-15(11)19-12-7-8-13-14(17)10-18-16(13)9-12/h7-9,11,14-15,17H,2-6,10H2,1H3. The molecule has 3 unspecified atom stereocenters. The first-order valence-electron chi connectivity index (χ1n) is 7.39. The van der Waals surface area contributed by atoms with Gasteiger partial charge < -0.3 is 14.6 Å². The number of aliphatic hydroxyl groups excluding tert-OH is 1. The molecule has 2 aliphatic rings. The van der Waals surface area contributed by atoms with Crippen LogP contribution in [0.5, 0.6) is 11.5 Å². The first-order valence-corrected chi connectivity index (χ1v) is 7.39. The number of fused-ring (bicyclic) bond motifs is 1. The summed E-state index contributed by atoms with van der Waals surface area (Å²) >= 11 is 0. The topological polar surface area (TPSA) is 38.7 Å². The van der Waals surface area contributed by atoms with Crippen LogP contribution in [0, 0.1) is 5.92 Å². The predicted molar refractivity (Wildman–Crippen MR) is 73.6 cm³/mol. The molecule has 1 saturated carbocycles. The van der Waals surface area contributed by atoms with Gasteiger partial charge in [0.25, 0.3) is 0 Å². The third kappa shape index (κ3) is 2.57. The molecule has 3 atom stereocenters. The van der Waals surface area contributed by atoms with Gasteiger partial charge in [0.2, 0.25) is 0 Å². The Morgan fingerprint density at radius 2 is 2.16 bits per heavy atom. The molecule has 0 saturated heterocycles. The van der Waals surface area contributed by atoms with Crippen molar-refractivity contribution in [3.05, 3.63) is 23.8 Å². The molecule has 0 bridgehead atoms. The summed E-state index contributed by atoms with van der Waals surface area (Å²) in [5, 5.41) is 9.71. The maximum absolute atomic E-state index is 9.71. The zero-order valence-electron chi connectivity index (χ0n) is 11.5. The highest BCUT2D eigenvalue weighted by atomic mass is 16.5. The molecule has 3 nitrogen and oxygen atoms in total. The van der Waals surface area contributed by atoms with Gasteiger partial charge in [-0.2, -0.15) is 0 Å². The van der Waals surface area contributed by atoms with Gasteiger partial charge in [0, 0.05) is 11.6 Å². The van der Waals surface area contributed by atoms with E-state index in [4.69, 9.17) is 9.47 Å². The Kier molecular flexibility index (Phi) is 3.65. The number of aliphatic hydroxyl groups is 1. The van der Waals surface area contributed by atoms with Gasteiger partial charge in [-0.05, 0) is 43.7 Å². The number of ether oxygens (including phenoxy) is 2. The lowest BCUT2D eigenvalue weighted by molar-refractivity contribution is 0.0901. The minimum atomic E-state index is -0.484. The van der Waals surface area contributed by atoms with Crippen molar-refractivity contribution in [2.45, 2.75) is 51.2 Å². The van der Waals surface area contributed by atoms with Gasteiger partial charge in [-0.3, -0.25) is 0 Å². The van der Waals surface area contributed by atoms with Crippen LogP contribution in [-0.4, -0.2) is 17.8 Å². The lowest BCUT2D eigenvalue weighted by atomic mass is 9.85. The maximum atomic E-state index is 9.71. The van der Waals surface area contributed by atoms with Crippen LogP contribution < -0.4 is 9.47 Å². The molecule has 1 aliphatic heterocycles. The van der Waals surface area contributed by atoms with E-state index in [1.54, 1.807) is 0 Å². The van der Waals surface area contributed by atoms with E-state index in [0.717, 1.165) is 23.5 Å². The fourth-order valence-electron chi connectivity index (χ4n) is 3.22. The summed E-state index contributed by atoms with van der Waals surface area (Å²) in [5.74, 6) is 2.32. The Balaban J connectivity index is 1.73. The second-order valence-electron chi connectivity index (χ2n) is 5.64. The van der Waals surface area contributed by atoms with Gasteiger partial charge in [0.1, 0.15) is 30.3 Å². The van der Waals surface area contributed by atoms with Crippen LogP contribution in [0.2, 0.25) is 0 Å². The van der Waals surface area contributed by atoms with Crippen molar-refractivity contribution in [2.75, 3.05) is 6.61 Å². The highest BCUT2D eigenvalue weighted by Crippen LogP contribution is 2.37. The van der Waals surface area contributed by atoms with E-state index in [1.165, 1.54) is 25.7 Å². The first kappa shape index (κ1) is 12.8. The predicted octanol–water partition coefficient (Wildman–Crippen LogP) is 3.46. The van der Waals surface area contributed by atoms with Crippen molar-refractivity contribution < 1.29 is 14.6 Å². The minimum absolute atomic E-state index is 0.336. The molecule has 3 rings (SSSR count). The van der Waals surface area contributed by atoms with Crippen molar-refractivity contribution in [3.8, 4) is 11.5 Å². The molecule has 1 N–H and O–H groups in total. The molecule has 1 aliphatic carbocycles. The lowest BCUT2D eigenvalue weighted by Gasteiger charge is -2.31. The SMILES string of the molecule is CCC1CCCCC1Oc1ccc2c(c1)OCC2O.